The second kappa shape index (κ2) is 8.03. The van der Waals surface area contributed by atoms with Gasteiger partial charge >= 0.3 is 0 Å². The average molecular weight is 417 g/mol. The number of nitrogen functional groups attached to an aromatic ring is 1. The normalized spacial score (nSPS) is 12.0. The zero-order chi connectivity index (χ0) is 20.4. The quantitative estimate of drug-likeness (QED) is 0.530. The third-order valence-electron chi connectivity index (χ3n) is 4.28. The first-order valence-electron chi connectivity index (χ1n) is 8.37. The Bertz CT molecular complexity index is 1030. The molecule has 8 nitrogen and oxygen atoms in total. The highest BCUT2D eigenvalue weighted by atomic mass is 32.2. The lowest BCUT2D eigenvalue weighted by atomic mass is 10.0. The molecular weight excluding hydrogens is 396 g/mol. The van der Waals surface area contributed by atoms with Crippen LogP contribution in [0.2, 0.25) is 0 Å². The highest BCUT2D eigenvalue weighted by molar-refractivity contribution is 7.98. The molecule has 1 atom stereocenters. The van der Waals surface area contributed by atoms with Crippen LogP contribution in [-0.4, -0.2) is 32.8 Å². The van der Waals surface area contributed by atoms with Gasteiger partial charge in [0.2, 0.25) is 11.9 Å². The molecule has 146 valence electrons. The van der Waals surface area contributed by atoms with Gasteiger partial charge in [0.05, 0.1) is 5.56 Å². The highest BCUT2D eigenvalue weighted by Crippen LogP contribution is 2.36. The molecule has 0 saturated carbocycles. The molecule has 3 rings (SSSR count). The van der Waals surface area contributed by atoms with Crippen LogP contribution in [-0.2, 0) is 4.79 Å². The molecule has 2 amide bonds. The van der Waals surface area contributed by atoms with E-state index in [2.05, 4.69) is 15.5 Å². The molecule has 10 heteroatoms. The van der Waals surface area contributed by atoms with Gasteiger partial charge in [-0.05, 0) is 25.7 Å². The molecule has 1 aromatic carbocycles. The van der Waals surface area contributed by atoms with Crippen molar-refractivity contribution in [3.05, 3.63) is 40.8 Å². The van der Waals surface area contributed by atoms with Crippen molar-refractivity contribution < 1.29 is 9.59 Å². The number of carbonyl (C=O) groups excluding carboxylic acids is 2. The predicted octanol–water partition coefficient (Wildman–Crippen LogP) is 2.92. The summed E-state index contributed by atoms with van der Waals surface area (Å²) in [4.78, 5) is 24.9. The van der Waals surface area contributed by atoms with Crippen LogP contribution in [0.25, 0.3) is 11.1 Å². The number of nitrogens with one attached hydrogen (secondary N) is 1. The van der Waals surface area contributed by atoms with E-state index in [1.165, 1.54) is 23.1 Å². The number of carbonyl (C=O) groups is 2. The number of benzene rings is 1. The van der Waals surface area contributed by atoms with Crippen molar-refractivity contribution in [3.8, 4) is 11.1 Å². The van der Waals surface area contributed by atoms with Gasteiger partial charge in [-0.1, -0.05) is 41.6 Å². The van der Waals surface area contributed by atoms with Crippen molar-refractivity contribution in [1.82, 2.24) is 14.8 Å². The maximum Gasteiger partial charge on any atom is 0.252 e. The number of rotatable bonds is 6. The van der Waals surface area contributed by atoms with Gasteiger partial charge in [0, 0.05) is 10.9 Å². The van der Waals surface area contributed by atoms with Gasteiger partial charge in [-0.3, -0.25) is 14.2 Å². The molecule has 0 saturated heterocycles. The molecule has 0 fully saturated rings. The van der Waals surface area contributed by atoms with E-state index < -0.39 is 11.9 Å². The number of amides is 2. The maximum atomic E-state index is 12.8. The van der Waals surface area contributed by atoms with Crippen molar-refractivity contribution in [1.29, 1.82) is 0 Å². The molecule has 5 N–H and O–H groups in total. The van der Waals surface area contributed by atoms with Gasteiger partial charge in [-0.25, -0.2) is 0 Å². The number of thiophene rings is 1. The highest BCUT2D eigenvalue weighted by Gasteiger charge is 2.25. The van der Waals surface area contributed by atoms with Crippen LogP contribution in [0.3, 0.4) is 0 Å². The number of aryl methyl sites for hydroxylation is 1. The molecule has 0 spiro atoms. The van der Waals surface area contributed by atoms with E-state index in [1.54, 1.807) is 11.5 Å². The lowest BCUT2D eigenvalue weighted by Gasteiger charge is -2.16. The van der Waals surface area contributed by atoms with Crippen molar-refractivity contribution in [3.63, 3.8) is 0 Å². The summed E-state index contributed by atoms with van der Waals surface area (Å²) in [6, 6.07) is 7.08. The zero-order valence-corrected chi connectivity index (χ0v) is 17.2. The van der Waals surface area contributed by atoms with Crippen LogP contribution < -0.4 is 16.8 Å². The van der Waals surface area contributed by atoms with Gasteiger partial charge in [0.25, 0.3) is 5.91 Å². The molecule has 2 heterocycles. The van der Waals surface area contributed by atoms with E-state index in [4.69, 9.17) is 11.5 Å². The Morgan fingerprint density at radius 2 is 1.93 bits per heavy atom. The smallest absolute Gasteiger partial charge is 0.252 e. The lowest BCUT2D eigenvalue weighted by Crippen LogP contribution is -2.26. The van der Waals surface area contributed by atoms with Crippen molar-refractivity contribution in [2.75, 3.05) is 17.3 Å². The number of anilines is 2. The Morgan fingerprint density at radius 1 is 1.25 bits per heavy atom. The standard InChI is InChI=1S/C18H20N6O2S2/c1-9-4-6-11(7-5-9)12-8-28-16(13(12)14(19)25)21-15(26)10(2)24-17(20)22-23-18(24)27-3/h4-8,10H,1-3H3,(H2,19,25)(H2,20,22)(H,21,26). The fourth-order valence-electron chi connectivity index (χ4n) is 2.77. The van der Waals surface area contributed by atoms with E-state index in [0.717, 1.165) is 11.1 Å². The fourth-order valence-corrected chi connectivity index (χ4v) is 4.31. The lowest BCUT2D eigenvalue weighted by molar-refractivity contribution is -0.118. The zero-order valence-electron chi connectivity index (χ0n) is 15.6. The molecule has 0 aliphatic rings. The summed E-state index contributed by atoms with van der Waals surface area (Å²) in [6.07, 6.45) is 1.82. The molecule has 28 heavy (non-hydrogen) atoms. The minimum absolute atomic E-state index is 0.147. The number of hydrogen-bond donors (Lipinski definition) is 3. The molecule has 0 bridgehead atoms. The van der Waals surface area contributed by atoms with Crippen LogP contribution in [0.1, 0.15) is 28.9 Å². The van der Waals surface area contributed by atoms with Crippen LogP contribution in [0, 0.1) is 6.92 Å². The number of aromatic nitrogens is 3. The van der Waals surface area contributed by atoms with Crippen LogP contribution in [0.4, 0.5) is 10.9 Å². The summed E-state index contributed by atoms with van der Waals surface area (Å²) in [5.41, 5.74) is 14.4. The molecule has 2 aromatic heterocycles. The second-order valence-corrected chi connectivity index (χ2v) is 7.82. The van der Waals surface area contributed by atoms with E-state index in [1.807, 2.05) is 42.8 Å². The number of nitrogens with zero attached hydrogens (tertiary/aromatic N) is 3. The molecule has 0 aliphatic heterocycles. The molecule has 0 aliphatic carbocycles. The van der Waals surface area contributed by atoms with E-state index in [-0.39, 0.29) is 17.4 Å². The van der Waals surface area contributed by atoms with E-state index >= 15 is 0 Å². The SMILES string of the molecule is CSc1nnc(N)n1C(C)C(=O)Nc1scc(-c2ccc(C)cc2)c1C(N)=O. The summed E-state index contributed by atoms with van der Waals surface area (Å²) in [7, 11) is 0. The monoisotopic (exact) mass is 416 g/mol. The first-order valence-corrected chi connectivity index (χ1v) is 10.5. The molecule has 0 radical (unpaired) electrons. The molecule has 3 aromatic rings. The molecule has 1 unspecified atom stereocenters. The Kier molecular flexibility index (Phi) is 5.71. The van der Waals surface area contributed by atoms with Crippen molar-refractivity contribution >= 4 is 45.9 Å². The third kappa shape index (κ3) is 3.73. The fraction of sp³-hybridized carbons (Fsp3) is 0.222. The summed E-state index contributed by atoms with van der Waals surface area (Å²) < 4.78 is 1.54. The summed E-state index contributed by atoms with van der Waals surface area (Å²) in [6.45, 7) is 3.67. The largest absolute Gasteiger partial charge is 0.368 e. The van der Waals surface area contributed by atoms with E-state index in [0.29, 0.717) is 15.7 Å². The Hall–Kier alpha value is -2.85. The Balaban J connectivity index is 1.92. The summed E-state index contributed by atoms with van der Waals surface area (Å²) >= 11 is 2.59. The maximum absolute atomic E-state index is 12.8. The van der Waals surface area contributed by atoms with Crippen LogP contribution in [0.15, 0.2) is 34.8 Å². The first kappa shape index (κ1) is 19.9. The van der Waals surface area contributed by atoms with Gasteiger partial charge in [0.15, 0.2) is 5.16 Å². The second-order valence-electron chi connectivity index (χ2n) is 6.16. The Morgan fingerprint density at radius 3 is 2.54 bits per heavy atom. The van der Waals surface area contributed by atoms with Crippen LogP contribution in [0.5, 0.6) is 0 Å². The van der Waals surface area contributed by atoms with Gasteiger partial charge in [-0.2, -0.15) is 0 Å². The predicted molar refractivity (Wildman–Crippen MR) is 113 cm³/mol. The first-order chi connectivity index (χ1) is 13.3. The Labute approximate surface area is 170 Å². The number of nitrogens with two attached hydrogens (primary N) is 2. The summed E-state index contributed by atoms with van der Waals surface area (Å²) in [5, 5.41) is 13.3. The van der Waals surface area contributed by atoms with Crippen molar-refractivity contribution in [2.45, 2.75) is 25.0 Å². The van der Waals surface area contributed by atoms with Gasteiger partial charge in [0.1, 0.15) is 11.0 Å². The minimum Gasteiger partial charge on any atom is -0.368 e. The number of hydrogen-bond acceptors (Lipinski definition) is 7. The van der Waals surface area contributed by atoms with E-state index in [9.17, 15) is 9.59 Å². The van der Waals surface area contributed by atoms with Crippen LogP contribution >= 0.6 is 23.1 Å². The number of thioether (sulfide) groups is 1. The van der Waals surface area contributed by atoms with Crippen molar-refractivity contribution in [2.24, 2.45) is 5.73 Å². The average Bonchev–Trinajstić information content (AvgIpc) is 3.25. The third-order valence-corrected chi connectivity index (χ3v) is 5.82. The minimum atomic E-state index is -0.664. The topological polar surface area (TPSA) is 129 Å². The van der Waals surface area contributed by atoms with Gasteiger partial charge in [-0.15, -0.1) is 21.5 Å². The molecular formula is C18H20N6O2S2. The summed E-state index contributed by atoms with van der Waals surface area (Å²) in [5.74, 6) is -0.802. The van der Waals surface area contributed by atoms with Gasteiger partial charge < -0.3 is 16.8 Å². The number of primary amides is 1.